The van der Waals surface area contributed by atoms with Crippen molar-refractivity contribution in [2.45, 2.75) is 77.2 Å². The van der Waals surface area contributed by atoms with Crippen LogP contribution < -0.4 is 0 Å². The summed E-state index contributed by atoms with van der Waals surface area (Å²) in [7, 11) is 1.35. The van der Waals surface area contributed by atoms with E-state index in [-0.39, 0.29) is 58.5 Å². The van der Waals surface area contributed by atoms with Crippen molar-refractivity contribution in [1.82, 2.24) is 0 Å². The summed E-state index contributed by atoms with van der Waals surface area (Å²) in [5.41, 5.74) is -0.923. The Morgan fingerprint density at radius 1 is 1.00 bits per heavy atom. The van der Waals surface area contributed by atoms with Gasteiger partial charge in [0, 0.05) is 30.6 Å². The fourth-order valence-corrected chi connectivity index (χ4v) is 8.55. The van der Waals surface area contributed by atoms with Crippen LogP contribution >= 0.6 is 0 Å². The van der Waals surface area contributed by atoms with Crippen LogP contribution in [0.3, 0.4) is 0 Å². The number of rotatable bonds is 1. The van der Waals surface area contributed by atoms with E-state index in [9.17, 15) is 19.2 Å². The predicted molar refractivity (Wildman–Crippen MR) is 106 cm³/mol. The van der Waals surface area contributed by atoms with Crippen LogP contribution in [-0.2, 0) is 28.7 Å². The van der Waals surface area contributed by atoms with Crippen LogP contribution in [0.25, 0.3) is 0 Å². The first-order valence-electron chi connectivity index (χ1n) is 11.5. The maximum absolute atomic E-state index is 13.7. The van der Waals surface area contributed by atoms with Crippen molar-refractivity contribution in [2.24, 2.45) is 40.4 Å². The minimum absolute atomic E-state index is 0.0905. The molecule has 4 unspecified atom stereocenters. The largest absolute Gasteiger partial charge is 0.468 e. The molecule has 5 aliphatic rings. The normalized spacial score (nSPS) is 50.0. The number of carbonyl (C=O) groups excluding carboxylic acids is 4. The summed E-state index contributed by atoms with van der Waals surface area (Å²) < 4.78 is 11.1. The Morgan fingerprint density at radius 2 is 1.73 bits per heavy atom. The van der Waals surface area contributed by atoms with Crippen molar-refractivity contribution in [3.63, 3.8) is 0 Å². The molecule has 6 nitrogen and oxygen atoms in total. The third-order valence-electron chi connectivity index (χ3n) is 10.2. The van der Waals surface area contributed by atoms with E-state index < -0.39 is 17.5 Å². The molecule has 30 heavy (non-hydrogen) atoms. The summed E-state index contributed by atoms with van der Waals surface area (Å²) in [6.45, 7) is 4.40. The predicted octanol–water partition coefficient (Wildman–Crippen LogP) is 3.25. The van der Waals surface area contributed by atoms with E-state index in [1.807, 2.05) is 0 Å². The van der Waals surface area contributed by atoms with Gasteiger partial charge >= 0.3 is 11.9 Å². The minimum atomic E-state index is -0.805. The monoisotopic (exact) mass is 416 g/mol. The average Bonchev–Trinajstić information content (AvgIpc) is 3.23. The molecule has 164 valence electrons. The molecule has 0 bridgehead atoms. The van der Waals surface area contributed by atoms with E-state index in [1.54, 1.807) is 0 Å². The lowest BCUT2D eigenvalue weighted by molar-refractivity contribution is -0.193. The van der Waals surface area contributed by atoms with Crippen molar-refractivity contribution >= 4 is 23.5 Å². The van der Waals surface area contributed by atoms with Gasteiger partial charge in [-0.1, -0.05) is 13.8 Å². The first kappa shape index (κ1) is 20.2. The summed E-state index contributed by atoms with van der Waals surface area (Å²) in [5.74, 6) is -1.47. The highest BCUT2D eigenvalue weighted by Gasteiger charge is 2.71. The molecule has 0 aromatic heterocycles. The van der Waals surface area contributed by atoms with Gasteiger partial charge in [-0.15, -0.1) is 0 Å². The highest BCUT2D eigenvalue weighted by molar-refractivity contribution is 6.03. The van der Waals surface area contributed by atoms with Crippen LogP contribution in [0.15, 0.2) is 0 Å². The first-order valence-corrected chi connectivity index (χ1v) is 11.5. The van der Waals surface area contributed by atoms with Crippen LogP contribution in [0.2, 0.25) is 0 Å². The van der Waals surface area contributed by atoms with Gasteiger partial charge in [-0.25, -0.2) is 0 Å². The van der Waals surface area contributed by atoms with Crippen molar-refractivity contribution in [2.75, 3.05) is 7.11 Å². The zero-order valence-corrected chi connectivity index (χ0v) is 18.2. The second-order valence-electron chi connectivity index (χ2n) is 11.0. The molecule has 1 aliphatic heterocycles. The Balaban J connectivity index is 1.59. The maximum Gasteiger partial charge on any atom is 0.316 e. The van der Waals surface area contributed by atoms with Gasteiger partial charge in [0.1, 0.15) is 17.3 Å². The number of hydrogen-bond donors (Lipinski definition) is 0. The van der Waals surface area contributed by atoms with Crippen molar-refractivity contribution in [3.05, 3.63) is 0 Å². The second kappa shape index (κ2) is 6.39. The molecular formula is C24H32O6. The summed E-state index contributed by atoms with van der Waals surface area (Å²) >= 11 is 0. The number of ketones is 2. The average molecular weight is 417 g/mol. The Hall–Kier alpha value is -1.72. The van der Waals surface area contributed by atoms with Crippen LogP contribution in [0.1, 0.15) is 71.6 Å². The Kier molecular flexibility index (Phi) is 4.31. The van der Waals surface area contributed by atoms with Gasteiger partial charge < -0.3 is 9.47 Å². The molecule has 0 amide bonds. The van der Waals surface area contributed by atoms with Gasteiger partial charge in [-0.2, -0.15) is 0 Å². The van der Waals surface area contributed by atoms with Crippen LogP contribution in [0.4, 0.5) is 0 Å². The Labute approximate surface area is 177 Å². The third kappa shape index (κ3) is 2.36. The Morgan fingerprint density at radius 3 is 2.40 bits per heavy atom. The molecule has 4 aliphatic carbocycles. The molecule has 1 saturated heterocycles. The molecule has 0 N–H and O–H groups in total. The van der Waals surface area contributed by atoms with Crippen molar-refractivity contribution < 1.29 is 28.7 Å². The zero-order valence-electron chi connectivity index (χ0n) is 18.2. The molecular weight excluding hydrogens is 384 g/mol. The van der Waals surface area contributed by atoms with Crippen molar-refractivity contribution in [3.8, 4) is 0 Å². The van der Waals surface area contributed by atoms with E-state index in [2.05, 4.69) is 13.8 Å². The lowest BCUT2D eigenvalue weighted by Crippen LogP contribution is -2.63. The highest BCUT2D eigenvalue weighted by Crippen LogP contribution is 2.70. The quantitative estimate of drug-likeness (QED) is 0.482. The molecule has 4 saturated carbocycles. The molecule has 5 rings (SSSR count). The fourth-order valence-electron chi connectivity index (χ4n) is 8.55. The number of fused-ring (bicyclic) bond motifs is 6. The molecule has 6 heteroatoms. The second-order valence-corrected chi connectivity index (χ2v) is 11.0. The van der Waals surface area contributed by atoms with E-state index in [4.69, 9.17) is 9.47 Å². The Bertz CT molecular complexity index is 834. The van der Waals surface area contributed by atoms with Gasteiger partial charge in [-0.3, -0.25) is 19.2 Å². The van der Waals surface area contributed by atoms with Crippen molar-refractivity contribution in [1.29, 1.82) is 0 Å². The van der Waals surface area contributed by atoms with Gasteiger partial charge in [0.25, 0.3) is 0 Å². The van der Waals surface area contributed by atoms with Crippen LogP contribution in [0.5, 0.6) is 0 Å². The lowest BCUT2D eigenvalue weighted by Gasteiger charge is -2.61. The molecule has 5 fully saturated rings. The van der Waals surface area contributed by atoms with Gasteiger partial charge in [-0.05, 0) is 61.7 Å². The standard InChI is InChI=1S/C24H32O6/c1-22-8-4-13(25)12-16(22)20(27)19(21(28)29-3)18-14(22)5-9-23(2)15(18)6-10-24(23)11-7-17(26)30-24/h14-16,18-19H,4-12H2,1-3H3/t14?,15?,16?,18-,19?,22-,23+,24-/m1/s1. The summed E-state index contributed by atoms with van der Waals surface area (Å²) in [5, 5.41) is 0. The van der Waals surface area contributed by atoms with E-state index in [0.717, 1.165) is 38.5 Å². The van der Waals surface area contributed by atoms with E-state index in [1.165, 1.54) is 7.11 Å². The summed E-state index contributed by atoms with van der Waals surface area (Å²) in [6.07, 6.45) is 6.21. The van der Waals surface area contributed by atoms with Gasteiger partial charge in [0.2, 0.25) is 0 Å². The SMILES string of the molecule is COC(=O)C1C(=O)C2CC(=O)CC[C@]2(C)C2CC[C@@]3(C)C(CC[C@@]34CCC(=O)O4)[C@H]12. The number of esters is 2. The van der Waals surface area contributed by atoms with E-state index >= 15 is 0 Å². The molecule has 1 heterocycles. The van der Waals surface area contributed by atoms with Gasteiger partial charge in [0.15, 0.2) is 5.78 Å². The number of Topliss-reactive ketones (excluding diaryl/α,β-unsaturated/α-hetero) is 2. The molecule has 0 aromatic rings. The summed E-state index contributed by atoms with van der Waals surface area (Å²) in [6, 6.07) is 0. The van der Waals surface area contributed by atoms with Crippen LogP contribution in [-0.4, -0.2) is 36.2 Å². The fraction of sp³-hybridized carbons (Fsp3) is 0.833. The topological polar surface area (TPSA) is 86.7 Å². The molecule has 1 spiro atoms. The number of methoxy groups -OCH3 is 1. The maximum atomic E-state index is 13.7. The minimum Gasteiger partial charge on any atom is -0.468 e. The summed E-state index contributed by atoms with van der Waals surface area (Å²) in [4.78, 5) is 50.9. The number of carbonyl (C=O) groups is 4. The lowest BCUT2D eigenvalue weighted by atomic mass is 9.42. The van der Waals surface area contributed by atoms with Crippen LogP contribution in [0, 0.1) is 40.4 Å². The number of hydrogen-bond acceptors (Lipinski definition) is 6. The third-order valence-corrected chi connectivity index (χ3v) is 10.2. The first-order chi connectivity index (χ1) is 14.2. The van der Waals surface area contributed by atoms with Gasteiger partial charge in [0.05, 0.1) is 7.11 Å². The smallest absolute Gasteiger partial charge is 0.316 e. The molecule has 8 atom stereocenters. The van der Waals surface area contributed by atoms with E-state index in [0.29, 0.717) is 12.8 Å². The number of ether oxygens (including phenoxy) is 2. The molecule has 0 aromatic carbocycles. The zero-order chi connectivity index (χ0) is 21.5. The highest BCUT2D eigenvalue weighted by atomic mass is 16.6. The molecule has 0 radical (unpaired) electrons.